The van der Waals surface area contributed by atoms with E-state index >= 15 is 0 Å². The number of allylic oxidation sites excluding steroid dienone is 1. The Hall–Kier alpha value is -3.01. The number of nitrogens with zero attached hydrogens (tertiary/aromatic N) is 4. The van der Waals surface area contributed by atoms with Crippen molar-refractivity contribution in [3.8, 4) is 6.07 Å². The molecule has 2 N–H and O–H groups in total. The summed E-state index contributed by atoms with van der Waals surface area (Å²) in [6.07, 6.45) is 2.93. The molecule has 0 saturated heterocycles. The van der Waals surface area contributed by atoms with Gasteiger partial charge in [0.05, 0.1) is 0 Å². The molecule has 7 heteroatoms. The number of aromatic amines is 1. The van der Waals surface area contributed by atoms with Crippen LogP contribution in [0.4, 0.5) is 5.69 Å². The van der Waals surface area contributed by atoms with Crippen LogP contribution in [0.15, 0.2) is 24.4 Å². The van der Waals surface area contributed by atoms with E-state index in [-0.39, 0.29) is 22.6 Å². The van der Waals surface area contributed by atoms with Gasteiger partial charge in [0.15, 0.2) is 5.78 Å². The number of rotatable bonds is 3. The third-order valence-electron chi connectivity index (χ3n) is 4.12. The first-order valence-electron chi connectivity index (χ1n) is 7.29. The van der Waals surface area contributed by atoms with Gasteiger partial charge in [0, 0.05) is 23.9 Å². The predicted molar refractivity (Wildman–Crippen MR) is 84.4 cm³/mol. The second-order valence-corrected chi connectivity index (χ2v) is 6.12. The monoisotopic (exact) mass is 308 g/mol. The van der Waals surface area contributed by atoms with Crippen LogP contribution in [-0.4, -0.2) is 26.4 Å². The lowest BCUT2D eigenvalue weighted by atomic mass is 9.72. The van der Waals surface area contributed by atoms with Crippen molar-refractivity contribution < 1.29 is 4.79 Å². The number of benzene rings is 1. The minimum atomic E-state index is 0.0000593. The molecule has 3 rings (SSSR count). The molecule has 7 nitrogen and oxygen atoms in total. The van der Waals surface area contributed by atoms with Crippen LogP contribution in [0.1, 0.15) is 48.4 Å². The quantitative estimate of drug-likeness (QED) is 0.843. The Kier molecular flexibility index (Phi) is 3.66. The number of aromatic nitrogens is 4. The van der Waals surface area contributed by atoms with Gasteiger partial charge in [-0.15, -0.1) is 10.2 Å². The van der Waals surface area contributed by atoms with Gasteiger partial charge in [-0.05, 0) is 34.7 Å². The number of carbonyl (C=O) groups excluding carboxylic acids is 1. The standard InChI is InChI=1S/C16H16N6O/c1-16(2)6-5-14(23)12-7-11(3-4-13(12)16)18-9-10(8-17)15-19-21-22-20-15/h3-4,7,9,18H,5-6H2,1-2H3,(H,19,20,21,22). The highest BCUT2D eigenvalue weighted by Gasteiger charge is 2.31. The Morgan fingerprint density at radius 2 is 2.30 bits per heavy atom. The van der Waals surface area contributed by atoms with E-state index in [0.29, 0.717) is 6.42 Å². The van der Waals surface area contributed by atoms with Crippen molar-refractivity contribution >= 4 is 17.0 Å². The van der Waals surface area contributed by atoms with E-state index in [1.165, 1.54) is 6.20 Å². The second-order valence-electron chi connectivity index (χ2n) is 6.12. The molecule has 0 unspecified atom stereocenters. The molecule has 1 heterocycles. The maximum Gasteiger partial charge on any atom is 0.216 e. The van der Waals surface area contributed by atoms with Crippen molar-refractivity contribution in [1.82, 2.24) is 20.6 Å². The average Bonchev–Trinajstić information content (AvgIpc) is 3.06. The van der Waals surface area contributed by atoms with Crippen molar-refractivity contribution in [2.45, 2.75) is 32.1 Å². The zero-order valence-electron chi connectivity index (χ0n) is 12.9. The van der Waals surface area contributed by atoms with E-state index < -0.39 is 0 Å². The number of Topliss-reactive ketones (excluding diaryl/α,β-unsaturated/α-hetero) is 1. The fraction of sp³-hybridized carbons (Fsp3) is 0.312. The first kappa shape index (κ1) is 14.9. The summed E-state index contributed by atoms with van der Waals surface area (Å²) in [6, 6.07) is 7.72. The van der Waals surface area contributed by atoms with E-state index in [4.69, 9.17) is 5.26 Å². The molecule has 1 aliphatic rings. The maximum atomic E-state index is 12.2. The Morgan fingerprint density at radius 1 is 1.48 bits per heavy atom. The van der Waals surface area contributed by atoms with E-state index in [1.807, 2.05) is 24.3 Å². The lowest BCUT2D eigenvalue weighted by Crippen LogP contribution is -2.27. The molecule has 0 atom stereocenters. The van der Waals surface area contributed by atoms with Gasteiger partial charge in [0.25, 0.3) is 0 Å². The minimum Gasteiger partial charge on any atom is -0.360 e. The number of hydrogen-bond acceptors (Lipinski definition) is 6. The van der Waals surface area contributed by atoms with Crippen molar-refractivity contribution in [3.63, 3.8) is 0 Å². The van der Waals surface area contributed by atoms with Crippen LogP contribution in [0.25, 0.3) is 5.57 Å². The topological polar surface area (TPSA) is 107 Å². The Balaban J connectivity index is 1.90. The number of hydrogen-bond donors (Lipinski definition) is 2. The molecule has 0 saturated carbocycles. The van der Waals surface area contributed by atoms with Crippen molar-refractivity contribution in [2.75, 3.05) is 5.32 Å². The summed E-state index contributed by atoms with van der Waals surface area (Å²) < 4.78 is 0. The zero-order valence-corrected chi connectivity index (χ0v) is 12.9. The number of carbonyl (C=O) groups is 1. The average molecular weight is 308 g/mol. The van der Waals surface area contributed by atoms with Gasteiger partial charge in [-0.3, -0.25) is 4.79 Å². The molecule has 0 fully saturated rings. The largest absolute Gasteiger partial charge is 0.360 e. The van der Waals surface area contributed by atoms with Gasteiger partial charge in [-0.2, -0.15) is 10.5 Å². The fourth-order valence-electron chi connectivity index (χ4n) is 2.73. The number of tetrazole rings is 1. The molecule has 0 aliphatic heterocycles. The highest BCUT2D eigenvalue weighted by Crippen LogP contribution is 2.37. The first-order chi connectivity index (χ1) is 11.0. The number of nitriles is 1. The highest BCUT2D eigenvalue weighted by atomic mass is 16.1. The molecule has 116 valence electrons. The molecular formula is C16H16N6O. The third kappa shape index (κ3) is 2.83. The van der Waals surface area contributed by atoms with Crippen LogP contribution in [0.2, 0.25) is 0 Å². The minimum absolute atomic E-state index is 0.0000593. The van der Waals surface area contributed by atoms with Crippen LogP contribution >= 0.6 is 0 Å². The van der Waals surface area contributed by atoms with Crippen molar-refractivity contribution in [3.05, 3.63) is 41.4 Å². The van der Waals surface area contributed by atoms with Gasteiger partial charge in [0.1, 0.15) is 11.6 Å². The number of H-pyrrole nitrogens is 1. The molecule has 0 amide bonds. The lowest BCUT2D eigenvalue weighted by molar-refractivity contribution is 0.0957. The molecule has 0 radical (unpaired) electrons. The van der Waals surface area contributed by atoms with Gasteiger partial charge in [-0.1, -0.05) is 19.9 Å². The normalized spacial score (nSPS) is 16.6. The molecule has 1 aromatic heterocycles. The van der Waals surface area contributed by atoms with E-state index in [9.17, 15) is 4.79 Å². The molecule has 0 bridgehead atoms. The molecule has 1 aliphatic carbocycles. The highest BCUT2D eigenvalue weighted by molar-refractivity contribution is 6.00. The third-order valence-corrected chi connectivity index (χ3v) is 4.12. The lowest BCUT2D eigenvalue weighted by Gasteiger charge is -2.31. The number of anilines is 1. The van der Waals surface area contributed by atoms with Crippen LogP contribution in [0, 0.1) is 11.3 Å². The molecule has 2 aromatic rings. The summed E-state index contributed by atoms with van der Waals surface area (Å²) in [5, 5.41) is 25.4. The summed E-state index contributed by atoms with van der Waals surface area (Å²) >= 11 is 0. The van der Waals surface area contributed by atoms with Gasteiger partial charge in [-0.25, -0.2) is 0 Å². The summed E-state index contributed by atoms with van der Waals surface area (Å²) in [4.78, 5) is 12.2. The number of nitrogens with one attached hydrogen (secondary N) is 2. The summed E-state index contributed by atoms with van der Waals surface area (Å²) in [6.45, 7) is 4.30. The van der Waals surface area contributed by atoms with Crippen molar-refractivity contribution in [1.29, 1.82) is 5.26 Å². The molecule has 1 aromatic carbocycles. The Bertz CT molecular complexity index is 814. The van der Waals surface area contributed by atoms with Crippen LogP contribution in [0.3, 0.4) is 0 Å². The van der Waals surface area contributed by atoms with Crippen LogP contribution < -0.4 is 5.32 Å². The first-order valence-corrected chi connectivity index (χ1v) is 7.29. The number of ketones is 1. The zero-order chi connectivity index (χ0) is 16.4. The van der Waals surface area contributed by atoms with Gasteiger partial charge < -0.3 is 5.32 Å². The Morgan fingerprint density at radius 3 is 3.00 bits per heavy atom. The predicted octanol–water partition coefficient (Wildman–Crippen LogP) is 2.43. The van der Waals surface area contributed by atoms with E-state index in [1.54, 1.807) is 0 Å². The summed E-state index contributed by atoms with van der Waals surface area (Å²) in [5.74, 6) is 0.376. The van der Waals surface area contributed by atoms with Crippen LogP contribution in [0.5, 0.6) is 0 Å². The number of fused-ring (bicyclic) bond motifs is 1. The van der Waals surface area contributed by atoms with Gasteiger partial charge >= 0.3 is 0 Å². The van der Waals surface area contributed by atoms with Crippen LogP contribution in [-0.2, 0) is 5.41 Å². The fourth-order valence-corrected chi connectivity index (χ4v) is 2.73. The van der Waals surface area contributed by atoms with E-state index in [0.717, 1.165) is 23.2 Å². The summed E-state index contributed by atoms with van der Waals surface area (Å²) in [7, 11) is 0. The van der Waals surface area contributed by atoms with Gasteiger partial charge in [0.2, 0.25) is 5.82 Å². The molecule has 0 spiro atoms. The Labute approximate surface area is 133 Å². The SMILES string of the molecule is CC1(C)CCC(=O)c2cc(NC=C(C#N)c3nn[nH]n3)ccc21. The maximum absolute atomic E-state index is 12.2. The van der Waals surface area contributed by atoms with Crippen molar-refractivity contribution in [2.24, 2.45) is 0 Å². The van der Waals surface area contributed by atoms with E-state index in [2.05, 4.69) is 39.8 Å². The second kappa shape index (κ2) is 5.65. The smallest absolute Gasteiger partial charge is 0.216 e. The molecule has 23 heavy (non-hydrogen) atoms. The molecular weight excluding hydrogens is 292 g/mol. The summed E-state index contributed by atoms with van der Waals surface area (Å²) in [5.41, 5.74) is 2.81.